The maximum Gasteiger partial charge on any atom is -1.00 e. The fraction of sp³-hybridized carbons (Fsp3) is 0.317. The summed E-state index contributed by atoms with van der Waals surface area (Å²) in [5, 5.41) is 4.64. The molecule has 0 saturated heterocycles. The van der Waals surface area contributed by atoms with Gasteiger partial charge in [0, 0.05) is 0 Å². The van der Waals surface area contributed by atoms with Crippen molar-refractivity contribution in [3.8, 4) is 0 Å². The van der Waals surface area contributed by atoms with Crippen molar-refractivity contribution in [2.24, 2.45) is 0 Å². The number of aryl methyl sites for hydroxylation is 6. The zero-order chi connectivity index (χ0) is 30.6. The molecule has 4 aromatic carbocycles. The SMILES string of the molecule is CCc1cc(CC)cc([Si](c2cc(CC)cc(CC)c2)(c2cc(CC)cc(CC)c2)[C]2([Ti+3])C=CC=C2c2ccccc2)c1.[Cl-].[Cl-].[Cl-]. The molecule has 46 heavy (non-hydrogen) atoms. The first-order chi connectivity index (χ1) is 20.9. The molecule has 0 bridgehead atoms. The number of allylic oxidation sites excluding steroid dienone is 4. The number of hydrogen-bond acceptors (Lipinski definition) is 0. The molecule has 5 rings (SSSR count). The molecule has 4 aromatic rings. The van der Waals surface area contributed by atoms with Crippen molar-refractivity contribution in [1.82, 2.24) is 0 Å². The van der Waals surface area contributed by atoms with Crippen molar-refractivity contribution in [1.29, 1.82) is 0 Å². The summed E-state index contributed by atoms with van der Waals surface area (Å²) in [6.45, 7) is 13.9. The summed E-state index contributed by atoms with van der Waals surface area (Å²) in [6, 6.07) is 34.1. The van der Waals surface area contributed by atoms with Crippen molar-refractivity contribution in [2.45, 2.75) is 83.4 Å². The van der Waals surface area contributed by atoms with E-state index in [1.807, 2.05) is 0 Å². The van der Waals surface area contributed by atoms with E-state index in [0.717, 1.165) is 38.5 Å². The van der Waals surface area contributed by atoms with Crippen LogP contribution < -0.4 is 52.8 Å². The van der Waals surface area contributed by atoms with Gasteiger partial charge in [-0.25, -0.2) is 0 Å². The van der Waals surface area contributed by atoms with Crippen molar-refractivity contribution >= 4 is 29.2 Å². The fourth-order valence-corrected chi connectivity index (χ4v) is 15.4. The topological polar surface area (TPSA) is 0 Å². The Morgan fingerprint density at radius 2 is 0.826 bits per heavy atom. The third kappa shape index (κ3) is 7.41. The molecular formula is C41H47Cl3SiTi. The van der Waals surface area contributed by atoms with E-state index < -0.39 is 8.07 Å². The molecule has 0 heterocycles. The maximum absolute atomic E-state index is 2.80. The molecule has 0 saturated carbocycles. The second-order valence-corrected chi connectivity index (χ2v) is 18.1. The molecule has 0 radical (unpaired) electrons. The van der Waals surface area contributed by atoms with Gasteiger partial charge in [-0.1, -0.05) is 0 Å². The number of rotatable bonds is 11. The summed E-state index contributed by atoms with van der Waals surface area (Å²) in [7, 11) is -2.80. The molecule has 1 unspecified atom stereocenters. The maximum atomic E-state index is 2.60. The molecule has 0 fully saturated rings. The molecule has 0 nitrogen and oxygen atoms in total. The van der Waals surface area contributed by atoms with Gasteiger partial charge >= 0.3 is 275 Å². The van der Waals surface area contributed by atoms with Gasteiger partial charge in [0.2, 0.25) is 0 Å². The van der Waals surface area contributed by atoms with Gasteiger partial charge in [0.05, 0.1) is 0 Å². The molecule has 0 amide bonds. The summed E-state index contributed by atoms with van der Waals surface area (Å²) in [5.41, 5.74) is 11.5. The number of halogens is 3. The van der Waals surface area contributed by atoms with E-state index in [4.69, 9.17) is 0 Å². The minimum atomic E-state index is -2.80. The molecule has 1 aliphatic rings. The predicted octanol–water partition coefficient (Wildman–Crippen LogP) is -0.559. The average Bonchev–Trinajstić information content (AvgIpc) is 3.46. The Labute approximate surface area is 310 Å². The van der Waals surface area contributed by atoms with Gasteiger partial charge in [-0.15, -0.1) is 0 Å². The molecule has 0 aromatic heterocycles. The van der Waals surface area contributed by atoms with Crippen molar-refractivity contribution in [3.63, 3.8) is 0 Å². The minimum absolute atomic E-state index is 0. The number of hydrogen-bond donors (Lipinski definition) is 0. The summed E-state index contributed by atoms with van der Waals surface area (Å²) in [5.74, 6) is 0. The summed E-state index contributed by atoms with van der Waals surface area (Å²) in [4.78, 5) is 0. The van der Waals surface area contributed by atoms with E-state index in [9.17, 15) is 0 Å². The first-order valence-electron chi connectivity index (χ1n) is 16.5. The van der Waals surface area contributed by atoms with Gasteiger partial charge in [-0.05, 0) is 0 Å². The van der Waals surface area contributed by atoms with Crippen LogP contribution in [0.4, 0.5) is 0 Å². The van der Waals surface area contributed by atoms with Crippen LogP contribution in [0.1, 0.15) is 80.5 Å². The summed E-state index contributed by atoms with van der Waals surface area (Å²) in [6.07, 6.45) is 13.6. The zero-order valence-electron chi connectivity index (χ0n) is 28.2. The largest absolute Gasteiger partial charge is 1.00 e. The third-order valence-electron chi connectivity index (χ3n) is 9.62. The Morgan fingerprint density at radius 3 is 1.13 bits per heavy atom. The Kier molecular flexibility index (Phi) is 15.4. The Balaban J connectivity index is 0.00000245. The second-order valence-electron chi connectivity index (χ2n) is 12.1. The van der Waals surface area contributed by atoms with Gasteiger partial charge < -0.3 is 37.2 Å². The molecule has 1 atom stereocenters. The zero-order valence-corrected chi connectivity index (χ0v) is 33.0. The van der Waals surface area contributed by atoms with Crippen LogP contribution in [-0.2, 0) is 59.0 Å². The van der Waals surface area contributed by atoms with Gasteiger partial charge in [0.15, 0.2) is 0 Å². The minimum Gasteiger partial charge on any atom is -1.00 e. The number of benzene rings is 4. The van der Waals surface area contributed by atoms with Gasteiger partial charge in [0.25, 0.3) is 0 Å². The standard InChI is InChI=1S/C41H47Si.3ClH.Ti/c1-7-30-21-31(8-2)25-37(24-30)42(38-26-32(9-3)22-33(10-4)27-38,39-28-34(11-5)23-35(12-6)29-39)41-20-16-19-40(41)36-17-14-13-15-18-36;;;;/h13-29H,7-12H2,1-6H3;3*1H;/q;;;;+3/p-3. The molecule has 0 spiro atoms. The van der Waals surface area contributed by atoms with Crippen LogP contribution in [0.25, 0.3) is 5.57 Å². The van der Waals surface area contributed by atoms with Crippen molar-refractivity contribution in [3.05, 3.63) is 142 Å². The van der Waals surface area contributed by atoms with Crippen LogP contribution in [0.5, 0.6) is 0 Å². The smallest absolute Gasteiger partial charge is 1.00 e. The van der Waals surface area contributed by atoms with Crippen LogP contribution in [0.15, 0.2) is 103 Å². The molecule has 0 N–H and O–H groups in total. The van der Waals surface area contributed by atoms with Crippen molar-refractivity contribution < 1.29 is 57.7 Å². The van der Waals surface area contributed by atoms with E-state index in [1.54, 1.807) is 15.6 Å². The van der Waals surface area contributed by atoms with Crippen LogP contribution >= 0.6 is 0 Å². The first-order valence-corrected chi connectivity index (χ1v) is 19.2. The van der Waals surface area contributed by atoms with Gasteiger partial charge in [-0.2, -0.15) is 0 Å². The average molecular weight is 722 g/mol. The quantitative estimate of drug-likeness (QED) is 0.144. The first kappa shape index (κ1) is 40.3. The van der Waals surface area contributed by atoms with Crippen LogP contribution in [0.3, 0.4) is 0 Å². The van der Waals surface area contributed by atoms with Crippen molar-refractivity contribution in [2.75, 3.05) is 0 Å². The monoisotopic (exact) mass is 720 g/mol. The third-order valence-corrected chi connectivity index (χ3v) is 17.1. The van der Waals surface area contributed by atoms with E-state index in [2.05, 4.69) is 165 Å². The van der Waals surface area contributed by atoms with E-state index >= 15 is 0 Å². The molecule has 1 aliphatic carbocycles. The predicted molar refractivity (Wildman–Crippen MR) is 187 cm³/mol. The normalized spacial score (nSPS) is 15.4. The molecule has 240 valence electrons. The fourth-order valence-electron chi connectivity index (χ4n) is 7.12. The van der Waals surface area contributed by atoms with E-state index in [1.165, 1.54) is 44.5 Å². The van der Waals surface area contributed by atoms with Crippen LogP contribution in [0.2, 0.25) is 3.34 Å². The Morgan fingerprint density at radius 1 is 0.500 bits per heavy atom. The van der Waals surface area contributed by atoms with E-state index in [-0.39, 0.29) is 40.6 Å². The van der Waals surface area contributed by atoms with Crippen LogP contribution in [-0.4, -0.2) is 8.07 Å². The van der Waals surface area contributed by atoms with Crippen LogP contribution in [0, 0.1) is 0 Å². The Hall–Kier alpha value is -1.84. The van der Waals surface area contributed by atoms with Gasteiger partial charge in [0.1, 0.15) is 0 Å². The Bertz CT molecular complexity index is 1460. The molecule has 0 aliphatic heterocycles. The van der Waals surface area contributed by atoms with E-state index in [0.29, 0.717) is 0 Å². The second kappa shape index (κ2) is 17.5. The molecule has 5 heteroatoms. The molecular weight excluding hydrogens is 675 g/mol. The van der Waals surface area contributed by atoms with Gasteiger partial charge in [-0.3, -0.25) is 0 Å². The summed E-state index contributed by atoms with van der Waals surface area (Å²) >= 11 is 2.57. The summed E-state index contributed by atoms with van der Waals surface area (Å²) < 4.78 is -0.194.